The molecule has 0 aliphatic carbocycles. The summed E-state index contributed by atoms with van der Waals surface area (Å²) in [7, 11) is 0. The monoisotopic (exact) mass is 271 g/mol. The van der Waals surface area contributed by atoms with Gasteiger partial charge < -0.3 is 9.67 Å². The number of nitrogens with zero attached hydrogens (tertiary/aromatic N) is 3. The summed E-state index contributed by atoms with van der Waals surface area (Å²) in [5.41, 5.74) is 2.46. The molecule has 0 bridgehead atoms. The minimum atomic E-state index is 0.316. The molecule has 0 saturated carbocycles. The molecule has 0 amide bonds. The molecule has 106 valence electrons. The Labute approximate surface area is 119 Å². The molecule has 1 N–H and O–H groups in total. The van der Waals surface area contributed by atoms with Gasteiger partial charge in [0.25, 0.3) is 0 Å². The summed E-state index contributed by atoms with van der Waals surface area (Å²) in [4.78, 5) is 6.50. The lowest BCUT2D eigenvalue weighted by molar-refractivity contribution is 0.116. The van der Waals surface area contributed by atoms with E-state index in [-0.39, 0.29) is 0 Å². The third-order valence-electron chi connectivity index (χ3n) is 4.01. The fourth-order valence-corrected chi connectivity index (χ4v) is 2.89. The third kappa shape index (κ3) is 3.08. The molecule has 1 aromatic heterocycles. The number of likely N-dealkylation sites (tertiary alicyclic amines) is 1. The molecule has 1 atom stereocenters. The highest BCUT2D eigenvalue weighted by atomic mass is 16.3. The smallest absolute Gasteiger partial charge is 0.0991 e. The minimum absolute atomic E-state index is 0.316. The van der Waals surface area contributed by atoms with Crippen LogP contribution in [-0.4, -0.2) is 39.3 Å². The Morgan fingerprint density at radius 2 is 2.10 bits per heavy atom. The van der Waals surface area contributed by atoms with Gasteiger partial charge in [-0.1, -0.05) is 12.1 Å². The van der Waals surface area contributed by atoms with Crippen LogP contribution in [0.4, 0.5) is 0 Å². The molecule has 1 saturated heterocycles. The summed E-state index contributed by atoms with van der Waals surface area (Å²) < 4.78 is 2.01. The van der Waals surface area contributed by atoms with Gasteiger partial charge in [0.1, 0.15) is 0 Å². The third-order valence-corrected chi connectivity index (χ3v) is 4.01. The van der Waals surface area contributed by atoms with Gasteiger partial charge in [-0.15, -0.1) is 0 Å². The van der Waals surface area contributed by atoms with Gasteiger partial charge in [0, 0.05) is 37.8 Å². The van der Waals surface area contributed by atoms with Crippen molar-refractivity contribution in [3.05, 3.63) is 48.5 Å². The second-order valence-corrected chi connectivity index (χ2v) is 5.56. The summed E-state index contributed by atoms with van der Waals surface area (Å²) in [6, 6.07) is 8.62. The molecule has 1 fully saturated rings. The van der Waals surface area contributed by atoms with Crippen molar-refractivity contribution < 1.29 is 5.11 Å². The van der Waals surface area contributed by atoms with Gasteiger partial charge in [-0.2, -0.15) is 0 Å². The first-order chi connectivity index (χ1) is 9.85. The number of aliphatic hydroxyl groups is 1. The molecular weight excluding hydrogens is 250 g/mol. The largest absolute Gasteiger partial charge is 0.396 e. The maximum absolute atomic E-state index is 9.28. The van der Waals surface area contributed by atoms with Crippen LogP contribution < -0.4 is 0 Å². The number of aliphatic hydroxyl groups excluding tert-OH is 1. The van der Waals surface area contributed by atoms with Gasteiger partial charge in [0.05, 0.1) is 6.33 Å². The van der Waals surface area contributed by atoms with E-state index >= 15 is 0 Å². The predicted molar refractivity (Wildman–Crippen MR) is 78.7 cm³/mol. The van der Waals surface area contributed by atoms with Crippen LogP contribution in [0, 0.1) is 5.92 Å². The Morgan fingerprint density at radius 3 is 2.80 bits per heavy atom. The Balaban J connectivity index is 1.63. The number of hydrogen-bond acceptors (Lipinski definition) is 3. The molecule has 1 unspecified atom stereocenters. The number of benzene rings is 1. The Kier molecular flexibility index (Phi) is 4.14. The van der Waals surface area contributed by atoms with E-state index in [0.29, 0.717) is 12.5 Å². The van der Waals surface area contributed by atoms with Crippen molar-refractivity contribution in [3.8, 4) is 5.69 Å². The Morgan fingerprint density at radius 1 is 1.25 bits per heavy atom. The number of aromatic nitrogens is 2. The highest BCUT2D eigenvalue weighted by molar-refractivity contribution is 5.34. The normalized spacial score (nSPS) is 20.1. The van der Waals surface area contributed by atoms with Gasteiger partial charge in [-0.3, -0.25) is 4.90 Å². The van der Waals surface area contributed by atoms with Crippen molar-refractivity contribution in [1.82, 2.24) is 14.5 Å². The lowest BCUT2D eigenvalue weighted by Gasteiger charge is -2.31. The summed E-state index contributed by atoms with van der Waals surface area (Å²) >= 11 is 0. The maximum Gasteiger partial charge on any atom is 0.0991 e. The molecule has 1 aliphatic rings. The summed E-state index contributed by atoms with van der Waals surface area (Å²) in [5.74, 6) is 0.453. The molecule has 4 heteroatoms. The molecule has 20 heavy (non-hydrogen) atoms. The lowest BCUT2D eigenvalue weighted by atomic mass is 9.98. The average molecular weight is 271 g/mol. The van der Waals surface area contributed by atoms with Crippen molar-refractivity contribution in [2.24, 2.45) is 5.92 Å². The van der Waals surface area contributed by atoms with Crippen molar-refractivity contribution in [2.45, 2.75) is 19.4 Å². The Bertz CT molecular complexity index is 521. The van der Waals surface area contributed by atoms with Gasteiger partial charge in [0.15, 0.2) is 0 Å². The zero-order valence-electron chi connectivity index (χ0n) is 11.7. The van der Waals surface area contributed by atoms with E-state index in [2.05, 4.69) is 34.1 Å². The number of rotatable bonds is 4. The topological polar surface area (TPSA) is 41.3 Å². The number of imidazole rings is 1. The van der Waals surface area contributed by atoms with Gasteiger partial charge in [0.2, 0.25) is 0 Å². The van der Waals surface area contributed by atoms with Crippen LogP contribution in [0.2, 0.25) is 0 Å². The standard InChI is InChI=1S/C16H21N3O/c20-12-15-2-1-8-18(11-15)10-14-3-5-16(6-4-14)19-9-7-17-13-19/h3-7,9,13,15,20H,1-2,8,10-12H2. The SMILES string of the molecule is OCC1CCCN(Cc2ccc(-n3ccnc3)cc2)C1. The highest BCUT2D eigenvalue weighted by Gasteiger charge is 2.18. The van der Waals surface area contributed by atoms with Crippen LogP contribution in [0.5, 0.6) is 0 Å². The molecule has 1 aliphatic heterocycles. The van der Waals surface area contributed by atoms with E-state index in [1.807, 2.05) is 17.1 Å². The molecule has 1 aromatic carbocycles. The van der Waals surface area contributed by atoms with Crippen LogP contribution >= 0.6 is 0 Å². The quantitative estimate of drug-likeness (QED) is 0.925. The van der Waals surface area contributed by atoms with Crippen molar-refractivity contribution >= 4 is 0 Å². The van der Waals surface area contributed by atoms with Crippen molar-refractivity contribution in [2.75, 3.05) is 19.7 Å². The van der Waals surface area contributed by atoms with E-state index in [9.17, 15) is 5.11 Å². The fourth-order valence-electron chi connectivity index (χ4n) is 2.89. The minimum Gasteiger partial charge on any atom is -0.396 e. The number of hydrogen-bond donors (Lipinski definition) is 1. The second kappa shape index (κ2) is 6.20. The molecule has 0 spiro atoms. The van der Waals surface area contributed by atoms with Crippen molar-refractivity contribution in [3.63, 3.8) is 0 Å². The predicted octanol–water partition coefficient (Wildman–Crippen LogP) is 2.08. The van der Waals surface area contributed by atoms with Gasteiger partial charge in [-0.05, 0) is 43.0 Å². The first-order valence-corrected chi connectivity index (χ1v) is 7.25. The van der Waals surface area contributed by atoms with E-state index < -0.39 is 0 Å². The molecule has 3 rings (SSSR count). The van der Waals surface area contributed by atoms with Crippen molar-refractivity contribution in [1.29, 1.82) is 0 Å². The van der Waals surface area contributed by atoms with Crippen LogP contribution in [0.3, 0.4) is 0 Å². The molecular formula is C16H21N3O. The number of piperidine rings is 1. The second-order valence-electron chi connectivity index (χ2n) is 5.56. The van der Waals surface area contributed by atoms with Crippen LogP contribution in [0.1, 0.15) is 18.4 Å². The fraction of sp³-hybridized carbons (Fsp3) is 0.438. The molecule has 4 nitrogen and oxygen atoms in total. The molecule has 2 heterocycles. The first-order valence-electron chi connectivity index (χ1n) is 7.25. The molecule has 2 aromatic rings. The van der Waals surface area contributed by atoms with E-state index in [1.54, 1.807) is 6.20 Å². The maximum atomic E-state index is 9.28. The summed E-state index contributed by atoms with van der Waals surface area (Å²) in [5, 5.41) is 9.28. The van der Waals surface area contributed by atoms with Crippen LogP contribution in [0.25, 0.3) is 5.69 Å². The van der Waals surface area contributed by atoms with E-state index in [0.717, 1.165) is 31.7 Å². The average Bonchev–Trinajstić information content (AvgIpc) is 3.02. The lowest BCUT2D eigenvalue weighted by Crippen LogP contribution is -2.36. The zero-order chi connectivity index (χ0) is 13.8. The van der Waals surface area contributed by atoms with E-state index in [1.165, 1.54) is 12.0 Å². The van der Waals surface area contributed by atoms with Crippen LogP contribution in [-0.2, 0) is 6.54 Å². The van der Waals surface area contributed by atoms with E-state index in [4.69, 9.17) is 0 Å². The zero-order valence-corrected chi connectivity index (χ0v) is 11.7. The summed E-state index contributed by atoms with van der Waals surface area (Å²) in [6.45, 7) is 3.44. The Hall–Kier alpha value is -1.65. The summed E-state index contributed by atoms with van der Waals surface area (Å²) in [6.07, 6.45) is 7.90. The highest BCUT2D eigenvalue weighted by Crippen LogP contribution is 2.18. The first kappa shape index (κ1) is 13.3. The molecule has 0 radical (unpaired) electrons. The van der Waals surface area contributed by atoms with Crippen LogP contribution in [0.15, 0.2) is 43.0 Å². The van der Waals surface area contributed by atoms with Gasteiger partial charge in [-0.25, -0.2) is 4.98 Å². The van der Waals surface area contributed by atoms with Gasteiger partial charge >= 0.3 is 0 Å².